The summed E-state index contributed by atoms with van der Waals surface area (Å²) in [7, 11) is 1.58. The number of nitrogens with zero attached hydrogens (tertiary/aromatic N) is 4. The van der Waals surface area contributed by atoms with Crippen LogP contribution in [-0.2, 0) is 14.3 Å². The van der Waals surface area contributed by atoms with Gasteiger partial charge in [0.25, 0.3) is 11.4 Å². The Morgan fingerprint density at radius 3 is 2.38 bits per heavy atom. The Kier molecular flexibility index (Phi) is 14.7. The van der Waals surface area contributed by atoms with Crippen molar-refractivity contribution >= 4 is 23.2 Å². The summed E-state index contributed by atoms with van der Waals surface area (Å²) in [6.45, 7) is 4.59. The SMILES string of the molecule is C=CCO[C@@]12Oc3ccc(Oc4cccc([N+](=O)[O-])c4)cc3[C@H]3[C@H](CCCCO)[C@@H](CCCCO)C=C(C(=NOC4CCCCO4)C[C@@H]1N(C)C(=O)Oc1ccc([N+](=O)[O-])cc1)[C@H]32. The molecule has 1 saturated carbocycles. The second-order valence-corrected chi connectivity index (χ2v) is 16.3. The minimum atomic E-state index is -1.57. The molecule has 1 unspecified atom stereocenters. The van der Waals surface area contributed by atoms with Gasteiger partial charge < -0.3 is 43.6 Å². The predicted molar refractivity (Wildman–Crippen MR) is 230 cm³/mol. The van der Waals surface area contributed by atoms with Crippen LogP contribution in [0.1, 0.15) is 75.7 Å². The standard InChI is InChI=1S/C46H54N4O13/c1-3-24-59-46-41(48(2)45(53)61-33-18-16-31(17-19-33)49(54)55)29-39(47-63-42-15-6-9-25-58-42)37-26-30(11-4-7-22-51)36(14-5-8-23-52)43(44(37)46)38-28-35(20-21-40(38)62-46)60-34-13-10-12-32(27-34)50(56)57/h3,10,12-13,16-21,26-28,30,36,41-44,51-52H,1,4-9,11,14-15,22-25,29H2,2H3/t30-,36+,41-,42?,43+,44+,46+/m0/s1. The van der Waals surface area contributed by atoms with Gasteiger partial charge in [0.05, 0.1) is 40.8 Å². The Bertz CT molecular complexity index is 2170. The summed E-state index contributed by atoms with van der Waals surface area (Å²) in [5, 5.41) is 47.6. The monoisotopic (exact) mass is 870 g/mol. The van der Waals surface area contributed by atoms with Gasteiger partial charge in [-0.15, -0.1) is 6.58 Å². The summed E-state index contributed by atoms with van der Waals surface area (Å²) in [5.74, 6) is -1.42. The minimum absolute atomic E-state index is 0.0193. The average molecular weight is 871 g/mol. The number of nitro benzene ring substituents is 2. The number of aliphatic hydroxyl groups excluding tert-OH is 2. The van der Waals surface area contributed by atoms with E-state index in [-0.39, 0.29) is 66.9 Å². The first kappa shape index (κ1) is 45.2. The molecule has 17 heteroatoms. The lowest BCUT2D eigenvalue weighted by atomic mass is 9.55. The van der Waals surface area contributed by atoms with Crippen molar-refractivity contribution in [2.45, 2.75) is 88.2 Å². The quantitative estimate of drug-likeness (QED) is 0.0500. The van der Waals surface area contributed by atoms with Crippen LogP contribution in [0.3, 0.4) is 0 Å². The Labute approximate surface area is 365 Å². The normalized spacial score (nSPS) is 25.4. The van der Waals surface area contributed by atoms with E-state index in [0.29, 0.717) is 55.9 Å². The molecule has 4 aliphatic rings. The van der Waals surface area contributed by atoms with Crippen LogP contribution in [0, 0.1) is 38.0 Å². The molecule has 3 aromatic carbocycles. The minimum Gasteiger partial charge on any atom is -0.459 e. The fraction of sp³-hybridized carbons (Fsp3) is 0.478. The molecule has 0 radical (unpaired) electrons. The van der Waals surface area contributed by atoms with Gasteiger partial charge in [-0.2, -0.15) is 0 Å². The zero-order valence-corrected chi connectivity index (χ0v) is 35.3. The maximum Gasteiger partial charge on any atom is 0.415 e. The third-order valence-electron chi connectivity index (χ3n) is 12.3. The second-order valence-electron chi connectivity index (χ2n) is 16.3. The summed E-state index contributed by atoms with van der Waals surface area (Å²) in [6, 6.07) is 15.6. The molecule has 2 fully saturated rings. The number of non-ortho nitro benzene ring substituents is 2. The number of fused-ring (bicyclic) bond motifs is 2. The highest BCUT2D eigenvalue weighted by Crippen LogP contribution is 2.62. The molecule has 63 heavy (non-hydrogen) atoms. The number of oxime groups is 1. The van der Waals surface area contributed by atoms with E-state index in [2.05, 4.69) is 12.7 Å². The fourth-order valence-electron chi connectivity index (χ4n) is 9.44. The molecule has 1 saturated heterocycles. The van der Waals surface area contributed by atoms with Crippen LogP contribution in [0.25, 0.3) is 0 Å². The molecule has 2 N–H and O–H groups in total. The number of likely N-dealkylation sites (N-methyl/N-ethyl adjacent to an activating group) is 1. The van der Waals surface area contributed by atoms with E-state index in [1.807, 2.05) is 6.07 Å². The smallest absolute Gasteiger partial charge is 0.415 e. The number of nitro groups is 2. The van der Waals surface area contributed by atoms with E-state index in [1.54, 1.807) is 37.4 Å². The van der Waals surface area contributed by atoms with Crippen LogP contribution < -0.4 is 14.2 Å². The van der Waals surface area contributed by atoms with Crippen molar-refractivity contribution in [3.63, 3.8) is 0 Å². The van der Waals surface area contributed by atoms with Gasteiger partial charge >= 0.3 is 6.09 Å². The van der Waals surface area contributed by atoms with Crippen LogP contribution >= 0.6 is 0 Å². The van der Waals surface area contributed by atoms with Crippen LogP contribution in [0.4, 0.5) is 16.2 Å². The maximum atomic E-state index is 14.3. The van der Waals surface area contributed by atoms with E-state index in [9.17, 15) is 35.2 Å². The summed E-state index contributed by atoms with van der Waals surface area (Å²) in [6.07, 6.45) is 9.15. The van der Waals surface area contributed by atoms with E-state index in [4.69, 9.17) is 33.7 Å². The second kappa shape index (κ2) is 20.5. The summed E-state index contributed by atoms with van der Waals surface area (Å²) in [5.41, 5.74) is 1.89. The lowest BCUT2D eigenvalue weighted by Crippen LogP contribution is -2.69. The van der Waals surface area contributed by atoms with E-state index in [1.165, 1.54) is 41.3 Å². The predicted octanol–water partition coefficient (Wildman–Crippen LogP) is 8.59. The van der Waals surface area contributed by atoms with Gasteiger partial charge in [-0.3, -0.25) is 20.2 Å². The summed E-state index contributed by atoms with van der Waals surface area (Å²) < 4.78 is 32.1. The molecule has 0 aromatic heterocycles. The number of carbonyl (C=O) groups excluding carboxylic acids is 1. The Balaban J connectivity index is 1.39. The molecule has 2 aliphatic heterocycles. The lowest BCUT2D eigenvalue weighted by molar-refractivity contribution is -0.385. The summed E-state index contributed by atoms with van der Waals surface area (Å²) >= 11 is 0. The molecule has 7 atom stereocenters. The zero-order valence-electron chi connectivity index (χ0n) is 35.3. The van der Waals surface area contributed by atoms with Crippen molar-refractivity contribution in [2.24, 2.45) is 22.9 Å². The zero-order chi connectivity index (χ0) is 44.5. The van der Waals surface area contributed by atoms with Crippen molar-refractivity contribution in [3.8, 4) is 23.0 Å². The Hall–Kier alpha value is -5.88. The van der Waals surface area contributed by atoms with E-state index < -0.39 is 40.0 Å². The van der Waals surface area contributed by atoms with Crippen molar-refractivity contribution < 1.29 is 53.4 Å². The van der Waals surface area contributed by atoms with Crippen molar-refractivity contribution in [1.29, 1.82) is 0 Å². The third-order valence-corrected chi connectivity index (χ3v) is 12.3. The first-order valence-electron chi connectivity index (χ1n) is 21.5. The van der Waals surface area contributed by atoms with E-state index in [0.717, 1.165) is 36.8 Å². The number of hydrogen-bond donors (Lipinski definition) is 2. The van der Waals surface area contributed by atoms with Gasteiger partial charge in [-0.05, 0) is 92.3 Å². The Morgan fingerprint density at radius 1 is 0.952 bits per heavy atom. The van der Waals surface area contributed by atoms with Gasteiger partial charge in [-0.25, -0.2) is 4.79 Å². The largest absolute Gasteiger partial charge is 0.459 e. The van der Waals surface area contributed by atoms with Crippen molar-refractivity contribution in [3.05, 3.63) is 117 Å². The highest BCUT2D eigenvalue weighted by atomic mass is 16.8. The number of allylic oxidation sites excluding steroid dienone is 1. The Morgan fingerprint density at radius 2 is 1.68 bits per heavy atom. The van der Waals surface area contributed by atoms with Crippen molar-refractivity contribution in [1.82, 2.24) is 4.90 Å². The lowest BCUT2D eigenvalue weighted by Gasteiger charge is -2.59. The van der Waals surface area contributed by atoms with Gasteiger partial charge in [0.15, 0.2) is 0 Å². The molecule has 2 aliphatic carbocycles. The number of rotatable bonds is 19. The number of benzene rings is 3. The summed E-state index contributed by atoms with van der Waals surface area (Å²) in [4.78, 5) is 43.8. The molecular weight excluding hydrogens is 817 g/mol. The molecule has 17 nitrogen and oxygen atoms in total. The molecule has 1 amide bonds. The molecular formula is C46H54N4O13. The molecule has 2 heterocycles. The molecule has 0 bridgehead atoms. The number of hydrogen-bond acceptors (Lipinski definition) is 14. The van der Waals surface area contributed by atoms with E-state index >= 15 is 0 Å². The topological polar surface area (TPSA) is 215 Å². The van der Waals surface area contributed by atoms with Gasteiger partial charge in [0.1, 0.15) is 29.0 Å². The fourth-order valence-corrected chi connectivity index (χ4v) is 9.44. The maximum absolute atomic E-state index is 14.3. The van der Waals surface area contributed by atoms with Crippen LogP contribution in [0.2, 0.25) is 0 Å². The molecule has 3 aromatic rings. The van der Waals surface area contributed by atoms with Crippen LogP contribution in [0.5, 0.6) is 23.0 Å². The first-order chi connectivity index (χ1) is 30.6. The highest BCUT2D eigenvalue weighted by molar-refractivity contribution is 6.03. The average Bonchev–Trinajstić information content (AvgIpc) is 3.29. The molecule has 0 spiro atoms. The highest BCUT2D eigenvalue weighted by Gasteiger charge is 2.65. The number of ether oxygens (including phenoxy) is 5. The number of amides is 1. The number of unbranched alkanes of at least 4 members (excludes halogenated alkanes) is 2. The van der Waals surface area contributed by atoms with Crippen LogP contribution in [0.15, 0.2) is 96.2 Å². The third kappa shape index (κ3) is 10.0. The molecule has 336 valence electrons. The van der Waals surface area contributed by atoms with Gasteiger partial charge in [0, 0.05) is 62.8 Å². The molecule has 7 rings (SSSR count). The van der Waals surface area contributed by atoms with Crippen molar-refractivity contribution in [2.75, 3.05) is 33.5 Å². The first-order valence-corrected chi connectivity index (χ1v) is 21.5. The number of aliphatic hydroxyl groups is 2. The van der Waals surface area contributed by atoms with Crippen LogP contribution in [-0.4, -0.2) is 88.4 Å². The number of carbonyl (C=O) groups is 1. The van der Waals surface area contributed by atoms with Gasteiger partial charge in [-0.1, -0.05) is 36.2 Å². The van der Waals surface area contributed by atoms with Gasteiger partial charge in [0.2, 0.25) is 12.1 Å².